The Kier molecular flexibility index (Phi) is 5.20. The third-order valence-electron chi connectivity index (χ3n) is 3.41. The molecule has 0 aromatic heterocycles. The van der Waals surface area contributed by atoms with Gasteiger partial charge in [0.25, 0.3) is 5.91 Å². The summed E-state index contributed by atoms with van der Waals surface area (Å²) >= 11 is 6.50. The summed E-state index contributed by atoms with van der Waals surface area (Å²) in [4.78, 5) is 14.5. The van der Waals surface area contributed by atoms with Crippen molar-refractivity contribution in [2.75, 3.05) is 4.90 Å². The number of thioether (sulfide) groups is 1. The molecule has 6 heteroatoms. The first-order valence-corrected chi connectivity index (χ1v) is 8.97. The molecule has 3 nitrogen and oxygen atoms in total. The zero-order valence-electron chi connectivity index (χ0n) is 13.7. The number of amides is 1. The lowest BCUT2D eigenvalue weighted by molar-refractivity contribution is -0.113. The van der Waals surface area contributed by atoms with Gasteiger partial charge in [0.05, 0.1) is 16.7 Å². The summed E-state index contributed by atoms with van der Waals surface area (Å²) in [6.45, 7) is 3.93. The number of thiocarbonyl (C=S) groups is 1. The first-order chi connectivity index (χ1) is 11.9. The normalized spacial score (nSPS) is 16.2. The summed E-state index contributed by atoms with van der Waals surface area (Å²) in [5.74, 6) is 0.124. The van der Waals surface area contributed by atoms with Crippen molar-refractivity contribution >= 4 is 46.0 Å². The zero-order valence-corrected chi connectivity index (χ0v) is 15.4. The average Bonchev–Trinajstić information content (AvgIpc) is 2.83. The van der Waals surface area contributed by atoms with E-state index >= 15 is 0 Å². The Hall–Kier alpha value is -2.18. The molecule has 3 rings (SSSR count). The van der Waals surface area contributed by atoms with Gasteiger partial charge < -0.3 is 4.74 Å². The molecule has 0 radical (unpaired) electrons. The molecule has 2 aromatic carbocycles. The maximum absolute atomic E-state index is 13.4. The predicted octanol–water partition coefficient (Wildman–Crippen LogP) is 5.02. The number of benzene rings is 2. The van der Waals surface area contributed by atoms with Crippen LogP contribution in [0.3, 0.4) is 0 Å². The lowest BCUT2D eigenvalue weighted by atomic mass is 10.2. The number of carbonyl (C=O) groups excluding carboxylic acids is 1. The summed E-state index contributed by atoms with van der Waals surface area (Å²) in [5.41, 5.74) is 1.31. The molecule has 128 valence electrons. The van der Waals surface area contributed by atoms with Crippen LogP contribution in [-0.4, -0.2) is 16.3 Å². The number of rotatable bonds is 4. The van der Waals surface area contributed by atoms with Gasteiger partial charge in [0.1, 0.15) is 11.6 Å². The largest absolute Gasteiger partial charge is 0.491 e. The number of carbonyl (C=O) groups is 1. The van der Waals surface area contributed by atoms with E-state index in [0.717, 1.165) is 11.3 Å². The van der Waals surface area contributed by atoms with Gasteiger partial charge in [-0.15, -0.1) is 0 Å². The maximum Gasteiger partial charge on any atom is 0.270 e. The second-order valence-electron chi connectivity index (χ2n) is 5.73. The SMILES string of the molecule is CC(C)Oc1ccc(/C=C2/SC(=S)N(c3cccc(F)c3)C2=O)cc1. The Morgan fingerprint density at radius 2 is 1.92 bits per heavy atom. The second kappa shape index (κ2) is 7.37. The van der Waals surface area contributed by atoms with Crippen LogP contribution < -0.4 is 9.64 Å². The summed E-state index contributed by atoms with van der Waals surface area (Å²) in [7, 11) is 0. The van der Waals surface area contributed by atoms with Gasteiger partial charge >= 0.3 is 0 Å². The molecule has 1 heterocycles. The molecule has 1 amide bonds. The van der Waals surface area contributed by atoms with Crippen LogP contribution in [-0.2, 0) is 4.79 Å². The molecule has 0 N–H and O–H groups in total. The van der Waals surface area contributed by atoms with Crippen LogP contribution >= 0.6 is 24.0 Å². The molecule has 0 bridgehead atoms. The third kappa shape index (κ3) is 4.08. The van der Waals surface area contributed by atoms with Crippen molar-refractivity contribution < 1.29 is 13.9 Å². The fourth-order valence-electron chi connectivity index (χ4n) is 2.37. The highest BCUT2D eigenvalue weighted by Crippen LogP contribution is 2.36. The zero-order chi connectivity index (χ0) is 18.0. The van der Waals surface area contributed by atoms with Crippen LogP contribution in [0.5, 0.6) is 5.75 Å². The Morgan fingerprint density at radius 1 is 1.20 bits per heavy atom. The fraction of sp³-hybridized carbons (Fsp3) is 0.158. The minimum atomic E-state index is -0.406. The van der Waals surface area contributed by atoms with Gasteiger partial charge in [-0.2, -0.15) is 0 Å². The first-order valence-electron chi connectivity index (χ1n) is 7.74. The molecule has 0 atom stereocenters. The molecule has 1 aliphatic rings. The van der Waals surface area contributed by atoms with Crippen molar-refractivity contribution in [2.24, 2.45) is 0 Å². The number of ether oxygens (including phenoxy) is 1. The van der Waals surface area contributed by atoms with Gasteiger partial charge in [0.2, 0.25) is 0 Å². The Morgan fingerprint density at radius 3 is 2.56 bits per heavy atom. The first kappa shape index (κ1) is 17.6. The standard InChI is InChI=1S/C19H16FNO2S2/c1-12(2)23-16-8-6-13(7-9-16)10-17-18(22)21(19(24)25-17)15-5-3-4-14(20)11-15/h3-12H,1-2H3/b17-10+. The van der Waals surface area contributed by atoms with Crippen molar-refractivity contribution in [3.63, 3.8) is 0 Å². The van der Waals surface area contributed by atoms with Crippen LogP contribution in [0, 0.1) is 5.82 Å². The second-order valence-corrected chi connectivity index (χ2v) is 7.41. The highest BCUT2D eigenvalue weighted by atomic mass is 32.2. The molecular formula is C19H16FNO2S2. The number of halogens is 1. The van der Waals surface area contributed by atoms with Gasteiger partial charge in [-0.05, 0) is 55.8 Å². The van der Waals surface area contributed by atoms with Crippen LogP contribution in [0.15, 0.2) is 53.4 Å². The molecule has 0 saturated carbocycles. The Balaban J connectivity index is 1.83. The van der Waals surface area contributed by atoms with Crippen LogP contribution in [0.4, 0.5) is 10.1 Å². The molecule has 0 aliphatic carbocycles. The molecular weight excluding hydrogens is 357 g/mol. The fourth-order valence-corrected chi connectivity index (χ4v) is 3.67. The lowest BCUT2D eigenvalue weighted by Gasteiger charge is -2.14. The van der Waals surface area contributed by atoms with E-state index in [0.29, 0.717) is 14.9 Å². The monoisotopic (exact) mass is 373 g/mol. The molecule has 1 aliphatic heterocycles. The summed E-state index contributed by atoms with van der Waals surface area (Å²) in [5, 5.41) is 0. The molecule has 1 saturated heterocycles. The Bertz CT molecular complexity index is 847. The molecule has 0 spiro atoms. The van der Waals surface area contributed by atoms with Crippen molar-refractivity contribution in [3.05, 3.63) is 64.8 Å². The van der Waals surface area contributed by atoms with Gasteiger partial charge in [-0.1, -0.05) is 42.2 Å². The Labute approximate surface area is 155 Å². The van der Waals surface area contributed by atoms with Gasteiger partial charge in [0, 0.05) is 0 Å². The highest BCUT2D eigenvalue weighted by molar-refractivity contribution is 8.27. The van der Waals surface area contributed by atoms with Gasteiger partial charge in [-0.25, -0.2) is 4.39 Å². The van der Waals surface area contributed by atoms with E-state index in [4.69, 9.17) is 17.0 Å². The maximum atomic E-state index is 13.4. The molecule has 1 fully saturated rings. The minimum absolute atomic E-state index is 0.105. The van der Waals surface area contributed by atoms with Crippen LogP contribution in [0.25, 0.3) is 6.08 Å². The number of anilines is 1. The molecule has 2 aromatic rings. The van der Waals surface area contributed by atoms with E-state index in [9.17, 15) is 9.18 Å². The van der Waals surface area contributed by atoms with E-state index in [-0.39, 0.29) is 12.0 Å². The quantitative estimate of drug-likeness (QED) is 0.556. The third-order valence-corrected chi connectivity index (χ3v) is 4.71. The van der Waals surface area contributed by atoms with E-state index in [1.807, 2.05) is 38.1 Å². The minimum Gasteiger partial charge on any atom is -0.491 e. The van der Waals surface area contributed by atoms with Crippen molar-refractivity contribution in [3.8, 4) is 5.75 Å². The molecule has 0 unspecified atom stereocenters. The summed E-state index contributed by atoms with van der Waals surface area (Å²) < 4.78 is 19.4. The predicted molar refractivity (Wildman–Crippen MR) is 104 cm³/mol. The molecule has 25 heavy (non-hydrogen) atoms. The van der Waals surface area contributed by atoms with E-state index in [1.54, 1.807) is 18.2 Å². The van der Waals surface area contributed by atoms with Crippen molar-refractivity contribution in [1.29, 1.82) is 0 Å². The smallest absolute Gasteiger partial charge is 0.270 e. The van der Waals surface area contributed by atoms with E-state index in [2.05, 4.69) is 0 Å². The number of hydrogen-bond donors (Lipinski definition) is 0. The number of nitrogens with zero attached hydrogens (tertiary/aromatic N) is 1. The summed E-state index contributed by atoms with van der Waals surface area (Å²) in [6.07, 6.45) is 1.88. The highest BCUT2D eigenvalue weighted by Gasteiger charge is 2.33. The lowest BCUT2D eigenvalue weighted by Crippen LogP contribution is -2.27. The van der Waals surface area contributed by atoms with E-state index < -0.39 is 5.82 Å². The van der Waals surface area contributed by atoms with Crippen molar-refractivity contribution in [1.82, 2.24) is 0 Å². The topological polar surface area (TPSA) is 29.5 Å². The van der Waals surface area contributed by atoms with Gasteiger partial charge in [-0.3, -0.25) is 9.69 Å². The van der Waals surface area contributed by atoms with Gasteiger partial charge in [0.15, 0.2) is 4.32 Å². The van der Waals surface area contributed by atoms with Crippen molar-refractivity contribution in [2.45, 2.75) is 20.0 Å². The van der Waals surface area contributed by atoms with Crippen LogP contribution in [0.1, 0.15) is 19.4 Å². The number of hydrogen-bond acceptors (Lipinski definition) is 4. The summed E-state index contributed by atoms with van der Waals surface area (Å²) in [6, 6.07) is 13.3. The average molecular weight is 373 g/mol. The van der Waals surface area contributed by atoms with E-state index in [1.165, 1.54) is 28.8 Å². The van der Waals surface area contributed by atoms with Crippen LogP contribution in [0.2, 0.25) is 0 Å².